The van der Waals surface area contributed by atoms with E-state index in [1.807, 2.05) is 50.2 Å². The van der Waals surface area contributed by atoms with Gasteiger partial charge in [0.2, 0.25) is 0 Å². The largest absolute Gasteiger partial charge is 0.444 e. The lowest BCUT2D eigenvalue weighted by Crippen LogP contribution is -2.43. The summed E-state index contributed by atoms with van der Waals surface area (Å²) in [6.45, 7) is 11.7. The SMILES string of the molecule is Cc1nn2c(=O)n(Cc3ccccc3)c([C@@H](C(C)C)N(CCCNC(=O)OC(C)(C)C)C(=O)c3ccc(F)cc3)cc2c1Cl. The van der Waals surface area contributed by atoms with Gasteiger partial charge in [-0.3, -0.25) is 9.36 Å². The molecular formula is C33H39ClFN5O4. The zero-order chi connectivity index (χ0) is 32.2. The van der Waals surface area contributed by atoms with Crippen LogP contribution in [0, 0.1) is 18.7 Å². The number of fused-ring (bicyclic) bond motifs is 1. The molecule has 9 nitrogen and oxygen atoms in total. The number of amides is 2. The van der Waals surface area contributed by atoms with Crippen molar-refractivity contribution in [1.82, 2.24) is 24.4 Å². The maximum Gasteiger partial charge on any atom is 0.407 e. The Hall–Kier alpha value is -4.18. The molecule has 0 spiro atoms. The first-order chi connectivity index (χ1) is 20.8. The third-order valence-corrected chi connectivity index (χ3v) is 7.55. The van der Waals surface area contributed by atoms with Crippen LogP contribution in [0.1, 0.15) is 74.4 Å². The molecule has 234 valence electrons. The summed E-state index contributed by atoms with van der Waals surface area (Å²) >= 11 is 6.61. The van der Waals surface area contributed by atoms with E-state index in [1.54, 1.807) is 37.2 Å². The molecule has 2 amide bonds. The van der Waals surface area contributed by atoms with Crippen molar-refractivity contribution in [3.8, 4) is 0 Å². The first-order valence-electron chi connectivity index (χ1n) is 14.6. The second kappa shape index (κ2) is 13.6. The van der Waals surface area contributed by atoms with Crippen molar-refractivity contribution in [1.29, 1.82) is 0 Å². The standard InChI is InChI=1S/C33H39ClFN5O4/c1-21(2)29(27-19-26-28(34)22(3)37-40(26)32(43)39(27)20-23-11-8-7-9-12-23)38(30(41)24-13-15-25(35)16-14-24)18-10-17-36-31(42)44-33(4,5)6/h7-9,11-16,19,21,29H,10,17-18,20H2,1-6H3,(H,36,42)/t29-/m1/s1. The molecule has 0 aliphatic carbocycles. The van der Waals surface area contributed by atoms with Crippen LogP contribution in [-0.4, -0.2) is 49.8 Å². The molecule has 4 rings (SSSR count). The Morgan fingerprint density at radius 1 is 1.09 bits per heavy atom. The number of carbonyl (C=O) groups excluding carboxylic acids is 2. The van der Waals surface area contributed by atoms with Crippen molar-refractivity contribution >= 4 is 29.1 Å². The number of hydrogen-bond acceptors (Lipinski definition) is 5. The zero-order valence-corrected chi connectivity index (χ0v) is 26.7. The number of alkyl carbamates (subject to hydrolysis) is 1. The number of benzene rings is 2. The van der Waals surface area contributed by atoms with Gasteiger partial charge in [-0.05, 0) is 75.9 Å². The number of hydrogen-bond donors (Lipinski definition) is 1. The monoisotopic (exact) mass is 623 g/mol. The van der Waals surface area contributed by atoms with E-state index in [2.05, 4.69) is 10.4 Å². The minimum absolute atomic E-state index is 0.162. The third kappa shape index (κ3) is 7.66. The average molecular weight is 624 g/mol. The molecule has 0 fully saturated rings. The molecule has 0 saturated carbocycles. The molecule has 0 bridgehead atoms. The van der Waals surface area contributed by atoms with Gasteiger partial charge in [0.25, 0.3) is 5.91 Å². The Labute approximate surface area is 261 Å². The quantitative estimate of drug-likeness (QED) is 0.206. The van der Waals surface area contributed by atoms with E-state index in [9.17, 15) is 18.8 Å². The van der Waals surface area contributed by atoms with E-state index >= 15 is 0 Å². The van der Waals surface area contributed by atoms with Crippen LogP contribution < -0.4 is 11.0 Å². The summed E-state index contributed by atoms with van der Waals surface area (Å²) in [7, 11) is 0. The molecular weight excluding hydrogens is 585 g/mol. The van der Waals surface area contributed by atoms with Crippen LogP contribution in [0.15, 0.2) is 65.5 Å². The lowest BCUT2D eigenvalue weighted by Gasteiger charge is -2.36. The summed E-state index contributed by atoms with van der Waals surface area (Å²) in [4.78, 5) is 42.1. The molecule has 1 N–H and O–H groups in total. The van der Waals surface area contributed by atoms with Gasteiger partial charge in [-0.1, -0.05) is 55.8 Å². The maximum absolute atomic E-state index is 14.1. The Balaban J connectivity index is 1.80. The van der Waals surface area contributed by atoms with Gasteiger partial charge < -0.3 is 15.0 Å². The summed E-state index contributed by atoms with van der Waals surface area (Å²) < 4.78 is 22.1. The highest BCUT2D eigenvalue weighted by molar-refractivity contribution is 6.34. The fourth-order valence-corrected chi connectivity index (χ4v) is 5.32. The van der Waals surface area contributed by atoms with Gasteiger partial charge in [0.15, 0.2) is 0 Å². The second-order valence-electron chi connectivity index (χ2n) is 12.1. The smallest absolute Gasteiger partial charge is 0.407 e. The molecule has 44 heavy (non-hydrogen) atoms. The Kier molecular flexibility index (Phi) is 10.1. The highest BCUT2D eigenvalue weighted by Crippen LogP contribution is 2.32. The van der Waals surface area contributed by atoms with Crippen LogP contribution in [0.25, 0.3) is 5.52 Å². The minimum Gasteiger partial charge on any atom is -0.444 e. The summed E-state index contributed by atoms with van der Waals surface area (Å²) in [5, 5.41) is 7.48. The Morgan fingerprint density at radius 2 is 1.75 bits per heavy atom. The number of nitrogens with zero attached hydrogens (tertiary/aromatic N) is 4. The second-order valence-corrected chi connectivity index (χ2v) is 12.5. The van der Waals surface area contributed by atoms with Crippen molar-refractivity contribution in [2.75, 3.05) is 13.1 Å². The Bertz CT molecular complexity index is 1680. The highest BCUT2D eigenvalue weighted by atomic mass is 35.5. The minimum atomic E-state index is -0.647. The van der Waals surface area contributed by atoms with Gasteiger partial charge in [-0.2, -0.15) is 9.61 Å². The number of rotatable bonds is 10. The summed E-state index contributed by atoms with van der Waals surface area (Å²) in [5.41, 5.74) is 1.70. The fourth-order valence-electron chi connectivity index (χ4n) is 5.15. The van der Waals surface area contributed by atoms with E-state index in [4.69, 9.17) is 16.3 Å². The van der Waals surface area contributed by atoms with E-state index in [0.29, 0.717) is 33.9 Å². The lowest BCUT2D eigenvalue weighted by molar-refractivity contribution is 0.0520. The number of aromatic nitrogens is 3. The lowest BCUT2D eigenvalue weighted by atomic mass is 9.96. The van der Waals surface area contributed by atoms with E-state index in [-0.39, 0.29) is 37.1 Å². The van der Waals surface area contributed by atoms with E-state index < -0.39 is 23.6 Å². The first-order valence-corrected chi connectivity index (χ1v) is 15.0. The number of nitrogens with one attached hydrogen (secondary N) is 1. The van der Waals surface area contributed by atoms with Crippen molar-refractivity contribution in [2.45, 2.75) is 66.2 Å². The molecule has 1 atom stereocenters. The molecule has 2 aromatic carbocycles. The van der Waals surface area contributed by atoms with E-state index in [0.717, 1.165) is 5.56 Å². The van der Waals surface area contributed by atoms with Crippen LogP contribution in [-0.2, 0) is 11.3 Å². The number of aryl methyl sites for hydroxylation is 1. The van der Waals surface area contributed by atoms with Crippen LogP contribution in [0.4, 0.5) is 9.18 Å². The molecule has 0 aliphatic heterocycles. The van der Waals surface area contributed by atoms with E-state index in [1.165, 1.54) is 28.8 Å². The van der Waals surface area contributed by atoms with Gasteiger partial charge >= 0.3 is 11.8 Å². The molecule has 2 aromatic heterocycles. The van der Waals surface area contributed by atoms with Crippen molar-refractivity contribution in [3.05, 3.63) is 105 Å². The molecule has 4 aromatic rings. The van der Waals surface area contributed by atoms with Gasteiger partial charge in [0.1, 0.15) is 11.4 Å². The third-order valence-electron chi connectivity index (χ3n) is 7.08. The zero-order valence-electron chi connectivity index (χ0n) is 25.9. The van der Waals surface area contributed by atoms with Crippen molar-refractivity contribution in [3.63, 3.8) is 0 Å². The predicted molar refractivity (Wildman–Crippen MR) is 169 cm³/mol. The average Bonchev–Trinajstić information content (AvgIpc) is 3.24. The molecule has 11 heteroatoms. The topological polar surface area (TPSA) is 97.9 Å². The van der Waals surface area contributed by atoms with Crippen LogP contribution in [0.5, 0.6) is 0 Å². The van der Waals surface area contributed by atoms with Crippen molar-refractivity contribution in [2.24, 2.45) is 5.92 Å². The highest BCUT2D eigenvalue weighted by Gasteiger charge is 2.32. The summed E-state index contributed by atoms with van der Waals surface area (Å²) in [6, 6.07) is 16.1. The molecule has 0 unspecified atom stereocenters. The predicted octanol–water partition coefficient (Wildman–Crippen LogP) is 6.40. The first kappa shape index (κ1) is 32.7. The maximum atomic E-state index is 14.1. The van der Waals surface area contributed by atoms with Crippen molar-refractivity contribution < 1.29 is 18.7 Å². The molecule has 0 saturated heterocycles. The number of carbonyl (C=O) groups is 2. The molecule has 0 radical (unpaired) electrons. The van der Waals surface area contributed by atoms with Gasteiger partial charge in [-0.15, -0.1) is 0 Å². The van der Waals surface area contributed by atoms with Gasteiger partial charge in [0.05, 0.1) is 28.8 Å². The normalized spacial score (nSPS) is 12.4. The molecule has 2 heterocycles. The van der Waals surface area contributed by atoms with Crippen LogP contribution >= 0.6 is 11.6 Å². The van der Waals surface area contributed by atoms with Crippen LogP contribution in [0.2, 0.25) is 5.02 Å². The number of halogens is 2. The van der Waals surface area contributed by atoms with Gasteiger partial charge in [0, 0.05) is 24.3 Å². The molecule has 0 aliphatic rings. The van der Waals surface area contributed by atoms with Gasteiger partial charge in [-0.25, -0.2) is 14.0 Å². The fraction of sp³-hybridized carbons (Fsp3) is 0.394. The number of ether oxygens (including phenoxy) is 1. The van der Waals surface area contributed by atoms with Crippen LogP contribution in [0.3, 0.4) is 0 Å². The summed E-state index contributed by atoms with van der Waals surface area (Å²) in [5.74, 6) is -0.955. The Morgan fingerprint density at radius 3 is 2.36 bits per heavy atom. The summed E-state index contributed by atoms with van der Waals surface area (Å²) in [6.07, 6.45) is -0.158.